The van der Waals surface area contributed by atoms with E-state index in [1.807, 2.05) is 12.1 Å². The van der Waals surface area contributed by atoms with Gasteiger partial charge in [0.25, 0.3) is 5.56 Å². The van der Waals surface area contributed by atoms with Crippen LogP contribution < -0.4 is 15.0 Å². The maximum atomic E-state index is 12.5. The number of H-pyrrole nitrogens is 2. The molecular weight excluding hydrogens is 400 g/mol. The lowest BCUT2D eigenvalue weighted by Crippen LogP contribution is -2.13. The summed E-state index contributed by atoms with van der Waals surface area (Å²) in [4.78, 5) is 22.0. The van der Waals surface area contributed by atoms with Crippen LogP contribution in [0.15, 0.2) is 57.5 Å². The summed E-state index contributed by atoms with van der Waals surface area (Å²) in [5, 5.41) is 28.2. The molecule has 0 radical (unpaired) electrons. The van der Waals surface area contributed by atoms with Gasteiger partial charge in [0.05, 0.1) is 25.4 Å². The summed E-state index contributed by atoms with van der Waals surface area (Å²) in [7, 11) is 2.98. The third kappa shape index (κ3) is 3.56. The van der Waals surface area contributed by atoms with Gasteiger partial charge in [0.1, 0.15) is 11.6 Å². The Morgan fingerprint density at radius 1 is 1.06 bits per heavy atom. The van der Waals surface area contributed by atoms with E-state index in [1.165, 1.54) is 14.2 Å². The molecule has 3 N–H and O–H groups in total. The number of methoxy groups -OCH3 is 2. The van der Waals surface area contributed by atoms with Gasteiger partial charge in [-0.15, -0.1) is 10.2 Å². The van der Waals surface area contributed by atoms with Crippen molar-refractivity contribution in [1.82, 2.24) is 15.0 Å². The van der Waals surface area contributed by atoms with Gasteiger partial charge in [-0.2, -0.15) is 5.26 Å². The Hall–Kier alpha value is -4.65. The van der Waals surface area contributed by atoms with Gasteiger partial charge in [0, 0.05) is 10.9 Å². The minimum absolute atomic E-state index is 0.115. The van der Waals surface area contributed by atoms with Gasteiger partial charge in [-0.25, -0.2) is 4.98 Å². The molecule has 0 saturated carbocycles. The molecule has 0 amide bonds. The number of rotatable bonds is 5. The second kappa shape index (κ2) is 8.00. The number of aromatic hydroxyl groups is 1. The molecule has 2 aromatic heterocycles. The number of hydrogen-bond acceptors (Lipinski definition) is 8. The standard InChI is InChI=1S/C21H16N6O4/c1-30-15-8-7-11(9-16(15)31-2)17-13(10-22)19(28)25-21(24-17)27-26-18-12-5-3-4-6-14(12)23-20(18)29/h3-9,23,29H,1-2H3,(H,24,25,28). The zero-order chi connectivity index (χ0) is 22.0. The quantitative estimate of drug-likeness (QED) is 0.420. The van der Waals surface area contributed by atoms with Crippen molar-refractivity contribution in [1.29, 1.82) is 5.26 Å². The number of fused-ring (bicyclic) bond motifs is 1. The summed E-state index contributed by atoms with van der Waals surface area (Å²) < 4.78 is 10.5. The molecule has 0 unspecified atom stereocenters. The van der Waals surface area contributed by atoms with E-state index in [1.54, 1.807) is 36.4 Å². The molecule has 2 aromatic carbocycles. The number of para-hydroxylation sites is 1. The molecule has 2 heterocycles. The van der Waals surface area contributed by atoms with Crippen molar-refractivity contribution in [3.63, 3.8) is 0 Å². The van der Waals surface area contributed by atoms with Gasteiger partial charge in [0.2, 0.25) is 11.8 Å². The molecular formula is C21H16N6O4. The molecule has 0 aliphatic heterocycles. The number of aromatic amines is 2. The molecule has 0 saturated heterocycles. The lowest BCUT2D eigenvalue weighted by molar-refractivity contribution is 0.355. The Morgan fingerprint density at radius 2 is 1.84 bits per heavy atom. The molecule has 154 valence electrons. The number of aromatic nitrogens is 3. The molecule has 0 atom stereocenters. The number of nitrogens with one attached hydrogen (secondary N) is 2. The minimum Gasteiger partial charge on any atom is -0.493 e. The van der Waals surface area contributed by atoms with Crippen LogP contribution in [0.25, 0.3) is 22.2 Å². The van der Waals surface area contributed by atoms with E-state index in [0.717, 1.165) is 0 Å². The Balaban J connectivity index is 1.82. The zero-order valence-corrected chi connectivity index (χ0v) is 16.5. The van der Waals surface area contributed by atoms with Crippen LogP contribution in [-0.2, 0) is 0 Å². The summed E-state index contributed by atoms with van der Waals surface area (Å²) >= 11 is 0. The van der Waals surface area contributed by atoms with E-state index in [-0.39, 0.29) is 28.8 Å². The first-order valence-electron chi connectivity index (χ1n) is 9.04. The number of nitriles is 1. The Kier molecular flexibility index (Phi) is 5.07. The Bertz CT molecular complexity index is 1410. The Labute approximate surface area is 175 Å². The fraction of sp³-hybridized carbons (Fsp3) is 0.0952. The van der Waals surface area contributed by atoms with Gasteiger partial charge in [0.15, 0.2) is 17.2 Å². The normalized spacial score (nSPS) is 11.0. The van der Waals surface area contributed by atoms with E-state index in [0.29, 0.717) is 28.0 Å². The fourth-order valence-corrected chi connectivity index (χ4v) is 3.12. The SMILES string of the molecule is COc1ccc(-c2nc(N=Nc3c(O)[nH]c4ccccc34)[nH]c(=O)c2C#N)cc1OC. The van der Waals surface area contributed by atoms with E-state index in [2.05, 4.69) is 25.2 Å². The predicted molar refractivity (Wildman–Crippen MR) is 112 cm³/mol. The van der Waals surface area contributed by atoms with Crippen LogP contribution in [0.3, 0.4) is 0 Å². The van der Waals surface area contributed by atoms with Crippen LogP contribution in [0.5, 0.6) is 17.4 Å². The molecule has 0 aliphatic carbocycles. The van der Waals surface area contributed by atoms with Crippen LogP contribution in [-0.4, -0.2) is 34.3 Å². The Morgan fingerprint density at radius 3 is 2.58 bits per heavy atom. The van der Waals surface area contributed by atoms with Crippen molar-refractivity contribution in [2.45, 2.75) is 0 Å². The number of benzene rings is 2. The zero-order valence-electron chi connectivity index (χ0n) is 16.5. The second-order valence-electron chi connectivity index (χ2n) is 6.36. The smallest absolute Gasteiger partial charge is 0.270 e. The second-order valence-corrected chi connectivity index (χ2v) is 6.36. The number of nitrogens with zero attached hydrogens (tertiary/aromatic N) is 4. The van der Waals surface area contributed by atoms with Crippen LogP contribution in [0.4, 0.5) is 11.6 Å². The van der Waals surface area contributed by atoms with Crippen molar-refractivity contribution in [3.8, 4) is 34.7 Å². The van der Waals surface area contributed by atoms with Crippen LogP contribution in [0.1, 0.15) is 5.56 Å². The molecule has 0 spiro atoms. The van der Waals surface area contributed by atoms with Crippen LogP contribution in [0, 0.1) is 11.3 Å². The first-order valence-corrected chi connectivity index (χ1v) is 9.04. The highest BCUT2D eigenvalue weighted by atomic mass is 16.5. The molecule has 10 heteroatoms. The third-order valence-corrected chi connectivity index (χ3v) is 4.58. The molecule has 0 bridgehead atoms. The predicted octanol–water partition coefficient (Wildman–Crippen LogP) is 3.93. The van der Waals surface area contributed by atoms with Gasteiger partial charge < -0.3 is 19.6 Å². The summed E-state index contributed by atoms with van der Waals surface area (Å²) in [6, 6.07) is 13.9. The average molecular weight is 416 g/mol. The summed E-state index contributed by atoms with van der Waals surface area (Å²) in [5.74, 6) is 0.613. The highest BCUT2D eigenvalue weighted by Crippen LogP contribution is 2.36. The highest BCUT2D eigenvalue weighted by Gasteiger charge is 2.16. The highest BCUT2D eigenvalue weighted by molar-refractivity contribution is 5.94. The van der Waals surface area contributed by atoms with Gasteiger partial charge >= 0.3 is 0 Å². The number of hydrogen-bond donors (Lipinski definition) is 3. The van der Waals surface area contributed by atoms with E-state index >= 15 is 0 Å². The maximum absolute atomic E-state index is 12.5. The lowest BCUT2D eigenvalue weighted by Gasteiger charge is -2.10. The first kappa shape index (κ1) is 19.7. The summed E-state index contributed by atoms with van der Waals surface area (Å²) in [6.45, 7) is 0. The molecule has 0 aliphatic rings. The van der Waals surface area contributed by atoms with Crippen LogP contribution in [0.2, 0.25) is 0 Å². The van der Waals surface area contributed by atoms with Crippen LogP contribution >= 0.6 is 0 Å². The van der Waals surface area contributed by atoms with Crippen molar-refractivity contribution < 1.29 is 14.6 Å². The summed E-state index contributed by atoms with van der Waals surface area (Å²) in [5.41, 5.74) is 0.619. The van der Waals surface area contributed by atoms with Gasteiger partial charge in [-0.05, 0) is 24.3 Å². The van der Waals surface area contributed by atoms with Crippen molar-refractivity contribution in [2.24, 2.45) is 10.2 Å². The van der Waals surface area contributed by atoms with E-state index in [4.69, 9.17) is 9.47 Å². The minimum atomic E-state index is -0.667. The molecule has 4 aromatic rings. The average Bonchev–Trinajstić information content (AvgIpc) is 3.11. The summed E-state index contributed by atoms with van der Waals surface area (Å²) in [6.07, 6.45) is 0. The maximum Gasteiger partial charge on any atom is 0.270 e. The van der Waals surface area contributed by atoms with Crippen molar-refractivity contribution in [2.75, 3.05) is 14.2 Å². The monoisotopic (exact) mass is 416 g/mol. The lowest BCUT2D eigenvalue weighted by atomic mass is 10.1. The molecule has 31 heavy (non-hydrogen) atoms. The number of ether oxygens (including phenoxy) is 2. The van der Waals surface area contributed by atoms with E-state index in [9.17, 15) is 15.2 Å². The van der Waals surface area contributed by atoms with Crippen molar-refractivity contribution >= 4 is 22.5 Å². The number of azo groups is 1. The first-order chi connectivity index (χ1) is 15.0. The van der Waals surface area contributed by atoms with Gasteiger partial charge in [-0.3, -0.25) is 9.78 Å². The largest absolute Gasteiger partial charge is 0.493 e. The molecule has 0 fully saturated rings. The third-order valence-electron chi connectivity index (χ3n) is 4.58. The molecule has 4 rings (SSSR count). The van der Waals surface area contributed by atoms with E-state index < -0.39 is 5.56 Å². The molecule has 10 nitrogen and oxygen atoms in total. The van der Waals surface area contributed by atoms with Gasteiger partial charge in [-0.1, -0.05) is 18.2 Å². The topological polar surface area (TPSA) is 149 Å². The fourth-order valence-electron chi connectivity index (χ4n) is 3.12. The van der Waals surface area contributed by atoms with Crippen molar-refractivity contribution in [3.05, 3.63) is 58.4 Å².